The van der Waals surface area contributed by atoms with Gasteiger partial charge in [0, 0.05) is 12.8 Å². The van der Waals surface area contributed by atoms with E-state index in [1.54, 1.807) is 0 Å². The monoisotopic (exact) mass is 747 g/mol. The maximum atomic E-state index is 11.2. The summed E-state index contributed by atoms with van der Waals surface area (Å²) in [7, 11) is -1.40. The summed E-state index contributed by atoms with van der Waals surface area (Å²) in [6.45, 7) is 9.28. The zero-order chi connectivity index (χ0) is 38.1. The van der Waals surface area contributed by atoms with Crippen molar-refractivity contribution in [3.05, 3.63) is 0 Å². The Bertz CT molecular complexity index is 865. The summed E-state index contributed by atoms with van der Waals surface area (Å²) in [5, 5.41) is 3.50. The number of ether oxygens (including phenoxy) is 1. The molecule has 0 amide bonds. The van der Waals surface area contributed by atoms with E-state index in [1.807, 2.05) is 6.92 Å². The minimum atomic E-state index is -4.41. The highest BCUT2D eigenvalue weighted by atomic mass is 32.3. The molecule has 8 nitrogen and oxygen atoms in total. The molecule has 51 heavy (non-hydrogen) atoms. The Morgan fingerprint density at radius 1 is 0.608 bits per heavy atom. The van der Waals surface area contributed by atoms with Crippen molar-refractivity contribution in [1.29, 1.82) is 0 Å². The topological polar surface area (TPSA) is 108 Å². The number of nitrogens with zero attached hydrogens (tertiary/aromatic N) is 1. The number of hydrogen-bond donors (Lipinski definition) is 1. The van der Waals surface area contributed by atoms with Crippen LogP contribution in [0.4, 0.5) is 0 Å². The number of carbonyl (C=O) groups is 1. The molecule has 1 aliphatic heterocycles. The van der Waals surface area contributed by atoms with Gasteiger partial charge < -0.3 is 9.29 Å². The minimum Gasteiger partial charge on any atom is -0.726 e. The molecular formula is C42H86N2O6S. The molecule has 0 aromatic heterocycles. The van der Waals surface area contributed by atoms with Crippen LogP contribution in [-0.2, 0) is 24.1 Å². The summed E-state index contributed by atoms with van der Waals surface area (Å²) < 4.78 is 38.3. The van der Waals surface area contributed by atoms with E-state index in [9.17, 15) is 17.8 Å². The Labute approximate surface area is 318 Å². The SMILES string of the molecule is CCCCCCCCCCCCCCCCCC(=O)OCC.CCCCCCCCCCCCCCCCCC1=[N+](C)CCN1.COS(=O)(=O)[O-]. The van der Waals surface area contributed by atoms with E-state index in [2.05, 4.69) is 35.0 Å². The average molecular weight is 747 g/mol. The van der Waals surface area contributed by atoms with Crippen LogP contribution < -0.4 is 5.32 Å². The van der Waals surface area contributed by atoms with Gasteiger partial charge in [0.2, 0.25) is 16.2 Å². The Kier molecular flexibility index (Phi) is 42.3. The number of amidine groups is 1. The second-order valence-corrected chi connectivity index (χ2v) is 15.7. The van der Waals surface area contributed by atoms with Crippen LogP contribution in [0.2, 0.25) is 0 Å². The van der Waals surface area contributed by atoms with Gasteiger partial charge in [-0.1, -0.05) is 194 Å². The van der Waals surface area contributed by atoms with Crippen LogP contribution in [0.1, 0.15) is 226 Å². The average Bonchev–Trinajstić information content (AvgIpc) is 3.52. The van der Waals surface area contributed by atoms with Gasteiger partial charge in [0.05, 0.1) is 20.8 Å². The molecule has 9 heteroatoms. The second-order valence-electron chi connectivity index (χ2n) is 14.6. The summed E-state index contributed by atoms with van der Waals surface area (Å²) >= 11 is 0. The van der Waals surface area contributed by atoms with Crippen molar-refractivity contribution in [2.24, 2.45) is 0 Å². The summed E-state index contributed by atoms with van der Waals surface area (Å²) in [5.41, 5.74) is 0. The molecule has 0 atom stereocenters. The molecule has 0 aromatic carbocycles. The summed E-state index contributed by atoms with van der Waals surface area (Å²) in [5.74, 6) is 1.44. The van der Waals surface area contributed by atoms with Crippen molar-refractivity contribution in [2.45, 2.75) is 226 Å². The van der Waals surface area contributed by atoms with E-state index in [-0.39, 0.29) is 5.97 Å². The molecule has 1 rings (SSSR count). The first-order valence-electron chi connectivity index (χ1n) is 21.7. The summed E-state index contributed by atoms with van der Waals surface area (Å²) in [6, 6.07) is 0. The van der Waals surface area contributed by atoms with E-state index >= 15 is 0 Å². The Morgan fingerprint density at radius 2 is 0.922 bits per heavy atom. The molecule has 306 valence electrons. The van der Waals surface area contributed by atoms with E-state index in [0.29, 0.717) is 13.0 Å². The predicted molar refractivity (Wildman–Crippen MR) is 216 cm³/mol. The molecule has 0 aliphatic carbocycles. The highest BCUT2D eigenvalue weighted by Gasteiger charge is 2.16. The summed E-state index contributed by atoms with van der Waals surface area (Å²) in [6.07, 6.45) is 43.9. The fourth-order valence-corrected chi connectivity index (χ4v) is 6.45. The van der Waals surface area contributed by atoms with Crippen LogP contribution in [0.25, 0.3) is 0 Å². The zero-order valence-electron chi connectivity index (χ0n) is 34.6. The number of hydrogen-bond acceptors (Lipinski definition) is 7. The maximum Gasteiger partial charge on any atom is 0.305 e. The lowest BCUT2D eigenvalue weighted by Gasteiger charge is -2.03. The van der Waals surface area contributed by atoms with Crippen molar-refractivity contribution in [2.75, 3.05) is 33.9 Å². The van der Waals surface area contributed by atoms with Gasteiger partial charge >= 0.3 is 5.97 Å². The quantitative estimate of drug-likeness (QED) is 0.0230. The second kappa shape index (κ2) is 41.6. The molecular weight excluding hydrogens is 661 g/mol. The standard InChI is InChI=1S/C21H42N2.C20H40O2.CH4O4S/c1-3-4-5-6-7-8-9-10-11-12-13-14-15-16-17-18-21-22-19-20-23(21)2;1-3-5-6-7-8-9-10-11-12-13-14-15-16-17-18-19-20(21)22-4-2;1-5-6(2,3)4/h3-20H2,1-2H3;3-19H2,1-2H3;1H3,(H,2,3,4). The lowest BCUT2D eigenvalue weighted by Crippen LogP contribution is -2.20. The van der Waals surface area contributed by atoms with Crippen LogP contribution in [0.5, 0.6) is 0 Å². The van der Waals surface area contributed by atoms with Gasteiger partial charge in [0.15, 0.2) is 0 Å². The number of likely N-dealkylation sites (N-methyl/N-ethyl adjacent to an activating group) is 1. The van der Waals surface area contributed by atoms with Crippen LogP contribution in [0, 0.1) is 0 Å². The first-order valence-corrected chi connectivity index (χ1v) is 23.0. The smallest absolute Gasteiger partial charge is 0.305 e. The molecule has 0 radical (unpaired) electrons. The van der Waals surface area contributed by atoms with Crippen LogP contribution in [0.15, 0.2) is 0 Å². The Morgan fingerprint density at radius 3 is 1.20 bits per heavy atom. The molecule has 0 unspecified atom stereocenters. The molecule has 0 bridgehead atoms. The fourth-order valence-electron chi connectivity index (χ4n) is 6.45. The van der Waals surface area contributed by atoms with E-state index in [1.165, 1.54) is 205 Å². The van der Waals surface area contributed by atoms with Gasteiger partial charge in [-0.05, 0) is 19.8 Å². The first kappa shape index (κ1) is 51.9. The number of esters is 1. The molecule has 0 saturated carbocycles. The maximum absolute atomic E-state index is 11.2. The molecule has 1 aliphatic rings. The summed E-state index contributed by atoms with van der Waals surface area (Å²) in [4.78, 5) is 11.2. The minimum absolute atomic E-state index is 0.0304. The van der Waals surface area contributed by atoms with Gasteiger partial charge in [-0.15, -0.1) is 0 Å². The number of rotatable bonds is 34. The number of nitrogens with one attached hydrogen (secondary N) is 1. The van der Waals surface area contributed by atoms with Gasteiger partial charge in [-0.25, -0.2) is 8.42 Å². The first-order chi connectivity index (χ1) is 24.7. The number of carbonyl (C=O) groups excluding carboxylic acids is 1. The highest BCUT2D eigenvalue weighted by Crippen LogP contribution is 2.15. The molecule has 1 heterocycles. The lowest BCUT2D eigenvalue weighted by atomic mass is 10.0. The van der Waals surface area contributed by atoms with Gasteiger partial charge in [0.1, 0.15) is 13.1 Å². The van der Waals surface area contributed by atoms with Crippen molar-refractivity contribution in [3.8, 4) is 0 Å². The van der Waals surface area contributed by atoms with Crippen molar-refractivity contribution in [1.82, 2.24) is 5.32 Å². The normalized spacial score (nSPS) is 12.6. The van der Waals surface area contributed by atoms with Crippen LogP contribution in [0.3, 0.4) is 0 Å². The van der Waals surface area contributed by atoms with E-state index in [0.717, 1.165) is 20.1 Å². The highest BCUT2D eigenvalue weighted by molar-refractivity contribution is 7.80. The molecule has 0 aromatic rings. The predicted octanol–water partition coefficient (Wildman–Crippen LogP) is 11.8. The molecule has 0 saturated heterocycles. The third-order valence-corrected chi connectivity index (χ3v) is 10.2. The third kappa shape index (κ3) is 44.9. The van der Waals surface area contributed by atoms with E-state index < -0.39 is 10.4 Å². The largest absolute Gasteiger partial charge is 0.726 e. The Balaban J connectivity index is 0. The molecule has 0 spiro atoms. The molecule has 0 fully saturated rings. The van der Waals surface area contributed by atoms with Crippen LogP contribution >= 0.6 is 0 Å². The van der Waals surface area contributed by atoms with Crippen molar-refractivity contribution in [3.63, 3.8) is 0 Å². The van der Waals surface area contributed by atoms with Crippen molar-refractivity contribution >= 4 is 22.2 Å². The Hall–Kier alpha value is -1.19. The van der Waals surface area contributed by atoms with Gasteiger partial charge in [-0.2, -0.15) is 0 Å². The third-order valence-electron chi connectivity index (χ3n) is 9.75. The fraction of sp³-hybridized carbons (Fsp3) is 0.952. The zero-order valence-corrected chi connectivity index (χ0v) is 35.4. The van der Waals surface area contributed by atoms with E-state index in [4.69, 9.17) is 4.74 Å². The number of unbranched alkanes of at least 4 members (excludes halogenated alkanes) is 28. The molecule has 1 N–H and O–H groups in total. The van der Waals surface area contributed by atoms with Gasteiger partial charge in [0.25, 0.3) is 0 Å². The van der Waals surface area contributed by atoms with Crippen LogP contribution in [-0.4, -0.2) is 63.2 Å². The van der Waals surface area contributed by atoms with Crippen molar-refractivity contribution < 1.29 is 31.3 Å². The lowest BCUT2D eigenvalue weighted by molar-refractivity contribution is -0.487. The van der Waals surface area contributed by atoms with Gasteiger partial charge in [-0.3, -0.25) is 18.9 Å².